The molecule has 0 aliphatic rings. The van der Waals surface area contributed by atoms with Crippen LogP contribution in [0.2, 0.25) is 10.0 Å². The number of rotatable bonds is 4. The average Bonchev–Trinajstić information content (AvgIpc) is 2.25. The van der Waals surface area contributed by atoms with Crippen molar-refractivity contribution in [1.29, 1.82) is 0 Å². The summed E-state index contributed by atoms with van der Waals surface area (Å²) in [7, 11) is 0. The molecule has 0 aliphatic carbocycles. The molecule has 2 N–H and O–H groups in total. The standard InChI is InChI=1S/C10H10Cl2N4/c11-8-6-10(13)9(12)5-7(8)3-1-2-4-15-16-14/h1,3,5-6H,2,4,13H2. The molecule has 84 valence electrons. The number of azide groups is 1. The Kier molecular flexibility index (Phi) is 4.99. The molecule has 0 radical (unpaired) electrons. The zero-order chi connectivity index (χ0) is 12.0. The minimum Gasteiger partial charge on any atom is -0.397 e. The highest BCUT2D eigenvalue weighted by Crippen LogP contribution is 2.27. The highest BCUT2D eigenvalue weighted by Gasteiger charge is 2.01. The zero-order valence-corrected chi connectivity index (χ0v) is 9.91. The van der Waals surface area contributed by atoms with Crippen LogP contribution in [-0.2, 0) is 0 Å². The van der Waals surface area contributed by atoms with Crippen LogP contribution in [0, 0.1) is 0 Å². The summed E-state index contributed by atoms with van der Waals surface area (Å²) < 4.78 is 0. The number of hydrogen-bond acceptors (Lipinski definition) is 2. The SMILES string of the molecule is [N-]=[N+]=NCCC=Cc1cc(Cl)c(N)cc1Cl. The van der Waals surface area contributed by atoms with Crippen LogP contribution < -0.4 is 5.73 Å². The van der Waals surface area contributed by atoms with Gasteiger partial charge in [0.1, 0.15) is 0 Å². The van der Waals surface area contributed by atoms with Gasteiger partial charge in [-0.05, 0) is 29.6 Å². The molecular weight excluding hydrogens is 247 g/mol. The first-order chi connectivity index (χ1) is 7.65. The third-order valence-electron chi connectivity index (χ3n) is 1.87. The fourth-order valence-electron chi connectivity index (χ4n) is 1.09. The molecule has 0 amide bonds. The van der Waals surface area contributed by atoms with Crippen molar-refractivity contribution in [2.75, 3.05) is 12.3 Å². The van der Waals surface area contributed by atoms with Crippen LogP contribution in [0.5, 0.6) is 0 Å². The van der Waals surface area contributed by atoms with Gasteiger partial charge in [-0.25, -0.2) is 0 Å². The molecule has 16 heavy (non-hydrogen) atoms. The summed E-state index contributed by atoms with van der Waals surface area (Å²) in [5.41, 5.74) is 14.9. The molecule has 0 aromatic heterocycles. The predicted octanol–water partition coefficient (Wildman–Crippen LogP) is 4.29. The largest absolute Gasteiger partial charge is 0.397 e. The summed E-state index contributed by atoms with van der Waals surface area (Å²) in [6.45, 7) is 0.424. The van der Waals surface area contributed by atoms with Crippen LogP contribution in [0.1, 0.15) is 12.0 Å². The Hall–Kier alpha value is -1.35. The van der Waals surface area contributed by atoms with Gasteiger partial charge in [0.15, 0.2) is 0 Å². The van der Waals surface area contributed by atoms with Crippen LogP contribution >= 0.6 is 23.2 Å². The summed E-state index contributed by atoms with van der Waals surface area (Å²) >= 11 is 11.8. The lowest BCUT2D eigenvalue weighted by molar-refractivity contribution is 0.996. The van der Waals surface area contributed by atoms with Crippen molar-refractivity contribution in [2.24, 2.45) is 5.11 Å². The van der Waals surface area contributed by atoms with Crippen molar-refractivity contribution in [2.45, 2.75) is 6.42 Å². The van der Waals surface area contributed by atoms with Gasteiger partial charge in [-0.15, -0.1) is 0 Å². The molecule has 0 aliphatic heterocycles. The number of nitrogen functional groups attached to an aromatic ring is 1. The van der Waals surface area contributed by atoms with Crippen molar-refractivity contribution in [1.82, 2.24) is 0 Å². The number of halogens is 2. The third-order valence-corrected chi connectivity index (χ3v) is 2.53. The van der Waals surface area contributed by atoms with Crippen molar-refractivity contribution in [3.8, 4) is 0 Å². The van der Waals surface area contributed by atoms with Gasteiger partial charge in [0, 0.05) is 16.5 Å². The Bertz CT molecular complexity index is 450. The monoisotopic (exact) mass is 256 g/mol. The van der Waals surface area contributed by atoms with E-state index in [4.69, 9.17) is 34.5 Å². The van der Waals surface area contributed by atoms with Gasteiger partial charge in [-0.1, -0.05) is 40.5 Å². The first-order valence-corrected chi connectivity index (χ1v) is 5.32. The van der Waals surface area contributed by atoms with Gasteiger partial charge < -0.3 is 5.73 Å². The van der Waals surface area contributed by atoms with Crippen molar-refractivity contribution in [3.05, 3.63) is 44.3 Å². The highest BCUT2D eigenvalue weighted by molar-refractivity contribution is 6.36. The van der Waals surface area contributed by atoms with Crippen LogP contribution in [0.25, 0.3) is 16.5 Å². The van der Waals surface area contributed by atoms with Gasteiger partial charge in [-0.2, -0.15) is 0 Å². The molecule has 0 fully saturated rings. The lowest BCUT2D eigenvalue weighted by atomic mass is 10.2. The topological polar surface area (TPSA) is 74.8 Å². The van der Waals surface area contributed by atoms with Crippen molar-refractivity contribution >= 4 is 35.0 Å². The maximum Gasteiger partial charge on any atom is 0.0642 e. The molecule has 0 spiro atoms. The van der Waals surface area contributed by atoms with Crippen molar-refractivity contribution in [3.63, 3.8) is 0 Å². The Balaban J connectivity index is 2.73. The second kappa shape index (κ2) is 6.28. The quantitative estimate of drug-likeness (QED) is 0.282. The normalized spacial score (nSPS) is 10.4. The molecular formula is C10H10Cl2N4. The first kappa shape index (κ1) is 12.7. The molecule has 0 heterocycles. The Labute approximate surface area is 103 Å². The van der Waals surface area contributed by atoms with Crippen molar-refractivity contribution < 1.29 is 0 Å². The molecule has 0 atom stereocenters. The van der Waals surface area contributed by atoms with Gasteiger partial charge in [0.25, 0.3) is 0 Å². The molecule has 1 aromatic carbocycles. The fourth-order valence-corrected chi connectivity index (χ4v) is 1.50. The lowest BCUT2D eigenvalue weighted by Gasteiger charge is -2.02. The second-order valence-corrected chi connectivity index (χ2v) is 3.86. The Morgan fingerprint density at radius 1 is 1.38 bits per heavy atom. The number of nitrogens with zero attached hydrogens (tertiary/aromatic N) is 3. The second-order valence-electron chi connectivity index (χ2n) is 3.04. The molecule has 0 unspecified atom stereocenters. The molecule has 4 nitrogen and oxygen atoms in total. The summed E-state index contributed by atoms with van der Waals surface area (Å²) in [5, 5.41) is 4.42. The molecule has 6 heteroatoms. The third kappa shape index (κ3) is 3.66. The zero-order valence-electron chi connectivity index (χ0n) is 8.40. The van der Waals surface area contributed by atoms with E-state index in [9.17, 15) is 0 Å². The maximum atomic E-state index is 8.08. The minimum absolute atomic E-state index is 0.424. The van der Waals surface area contributed by atoms with E-state index >= 15 is 0 Å². The fraction of sp³-hybridized carbons (Fsp3) is 0.200. The first-order valence-electron chi connectivity index (χ1n) is 4.57. The van der Waals surface area contributed by atoms with E-state index in [0.717, 1.165) is 5.56 Å². The summed E-state index contributed by atoms with van der Waals surface area (Å²) in [6.07, 6.45) is 4.34. The summed E-state index contributed by atoms with van der Waals surface area (Å²) in [6, 6.07) is 3.31. The average molecular weight is 257 g/mol. The van der Waals surface area contributed by atoms with E-state index in [-0.39, 0.29) is 0 Å². The van der Waals surface area contributed by atoms with E-state index in [1.807, 2.05) is 12.2 Å². The van der Waals surface area contributed by atoms with E-state index in [2.05, 4.69) is 10.0 Å². The van der Waals surface area contributed by atoms with Gasteiger partial charge in [0.2, 0.25) is 0 Å². The van der Waals surface area contributed by atoms with E-state index < -0.39 is 0 Å². The predicted molar refractivity (Wildman–Crippen MR) is 68.5 cm³/mol. The van der Waals surface area contributed by atoms with E-state index in [1.54, 1.807) is 12.1 Å². The Morgan fingerprint density at radius 3 is 2.81 bits per heavy atom. The lowest BCUT2D eigenvalue weighted by Crippen LogP contribution is -1.87. The minimum atomic E-state index is 0.424. The number of hydrogen-bond donors (Lipinski definition) is 1. The number of nitrogens with two attached hydrogens (primary N) is 1. The summed E-state index contributed by atoms with van der Waals surface area (Å²) in [5.74, 6) is 0. The van der Waals surface area contributed by atoms with Gasteiger partial charge >= 0.3 is 0 Å². The summed E-state index contributed by atoms with van der Waals surface area (Å²) in [4.78, 5) is 2.65. The number of benzene rings is 1. The van der Waals surface area contributed by atoms with Gasteiger partial charge in [-0.3, -0.25) is 0 Å². The molecule has 0 bridgehead atoms. The molecule has 0 saturated carbocycles. The van der Waals surface area contributed by atoms with E-state index in [0.29, 0.717) is 28.7 Å². The highest BCUT2D eigenvalue weighted by atomic mass is 35.5. The Morgan fingerprint density at radius 2 is 2.12 bits per heavy atom. The molecule has 1 aromatic rings. The molecule has 0 saturated heterocycles. The van der Waals surface area contributed by atoms with Gasteiger partial charge in [0.05, 0.1) is 10.7 Å². The maximum absolute atomic E-state index is 8.08. The van der Waals surface area contributed by atoms with Crippen LogP contribution in [0.4, 0.5) is 5.69 Å². The van der Waals surface area contributed by atoms with Crippen LogP contribution in [-0.4, -0.2) is 6.54 Å². The molecule has 1 rings (SSSR count). The smallest absolute Gasteiger partial charge is 0.0642 e. The number of anilines is 1. The van der Waals surface area contributed by atoms with Crippen LogP contribution in [0.15, 0.2) is 23.3 Å². The van der Waals surface area contributed by atoms with E-state index in [1.165, 1.54) is 0 Å². The van der Waals surface area contributed by atoms with Crippen LogP contribution in [0.3, 0.4) is 0 Å².